The summed E-state index contributed by atoms with van der Waals surface area (Å²) in [5.74, 6) is 0.576. The summed E-state index contributed by atoms with van der Waals surface area (Å²) in [6.45, 7) is 1.65. The molecule has 3 rings (SSSR count). The molecule has 0 fully saturated rings. The molecular formula is C19H16N2O5. The Morgan fingerprint density at radius 2 is 2.00 bits per heavy atom. The molecule has 0 saturated carbocycles. The highest BCUT2D eigenvalue weighted by molar-refractivity contribution is 6.05. The van der Waals surface area contributed by atoms with Gasteiger partial charge in [-0.2, -0.15) is 0 Å². The number of nitro benzene ring substituents is 1. The molecule has 1 amide bonds. The third kappa shape index (κ3) is 3.62. The Hall–Kier alpha value is -3.45. The summed E-state index contributed by atoms with van der Waals surface area (Å²) < 4.78 is 5.51. The van der Waals surface area contributed by atoms with Crippen molar-refractivity contribution in [2.75, 3.05) is 5.32 Å². The number of rotatable bonds is 5. The van der Waals surface area contributed by atoms with E-state index in [1.807, 2.05) is 19.1 Å². The maximum atomic E-state index is 12.4. The van der Waals surface area contributed by atoms with Gasteiger partial charge in [-0.15, -0.1) is 0 Å². The van der Waals surface area contributed by atoms with E-state index in [9.17, 15) is 14.9 Å². The molecule has 0 bridgehead atoms. The van der Waals surface area contributed by atoms with Crippen LogP contribution in [0.25, 0.3) is 11.3 Å². The van der Waals surface area contributed by atoms with Gasteiger partial charge < -0.3 is 14.8 Å². The molecule has 0 spiro atoms. The molecule has 132 valence electrons. The van der Waals surface area contributed by atoms with E-state index >= 15 is 0 Å². The number of aliphatic hydroxyl groups excluding tert-OH is 1. The average molecular weight is 352 g/mol. The number of aliphatic hydroxyl groups is 1. The zero-order valence-corrected chi connectivity index (χ0v) is 13.9. The Bertz CT molecular complexity index is 978. The number of aryl methyl sites for hydroxylation is 1. The second kappa shape index (κ2) is 7.20. The van der Waals surface area contributed by atoms with Gasteiger partial charge in [0.15, 0.2) is 0 Å². The predicted octanol–water partition coefficient (Wildman–Crippen LogP) is 3.91. The third-order valence-corrected chi connectivity index (χ3v) is 3.91. The van der Waals surface area contributed by atoms with Crippen LogP contribution in [-0.2, 0) is 6.61 Å². The molecule has 0 unspecified atom stereocenters. The van der Waals surface area contributed by atoms with Crippen molar-refractivity contribution in [2.24, 2.45) is 0 Å². The van der Waals surface area contributed by atoms with Crippen molar-refractivity contribution in [3.8, 4) is 11.3 Å². The number of nitro groups is 1. The lowest BCUT2D eigenvalue weighted by Gasteiger charge is -2.10. The Kier molecular flexibility index (Phi) is 4.81. The summed E-state index contributed by atoms with van der Waals surface area (Å²) in [4.78, 5) is 22.8. The number of hydrogen-bond acceptors (Lipinski definition) is 5. The van der Waals surface area contributed by atoms with Gasteiger partial charge in [-0.25, -0.2) is 0 Å². The van der Waals surface area contributed by atoms with Crippen LogP contribution in [0.15, 0.2) is 59.0 Å². The molecule has 0 aliphatic carbocycles. The minimum absolute atomic E-state index is 0.143. The molecule has 3 aromatic rings. The van der Waals surface area contributed by atoms with Gasteiger partial charge in [0.25, 0.3) is 11.6 Å². The van der Waals surface area contributed by atoms with Crippen LogP contribution in [0, 0.1) is 17.0 Å². The number of anilines is 1. The van der Waals surface area contributed by atoms with Crippen LogP contribution < -0.4 is 5.32 Å². The van der Waals surface area contributed by atoms with Gasteiger partial charge in [0.1, 0.15) is 18.1 Å². The number of hydrogen-bond donors (Lipinski definition) is 2. The largest absolute Gasteiger partial charge is 0.459 e. The van der Waals surface area contributed by atoms with Crippen LogP contribution in [0.4, 0.5) is 11.4 Å². The second-order valence-corrected chi connectivity index (χ2v) is 5.72. The maximum absolute atomic E-state index is 12.4. The zero-order chi connectivity index (χ0) is 18.7. The first-order valence-corrected chi connectivity index (χ1v) is 7.84. The van der Waals surface area contributed by atoms with E-state index in [-0.39, 0.29) is 17.9 Å². The molecule has 0 radical (unpaired) electrons. The molecule has 0 aliphatic rings. The second-order valence-electron chi connectivity index (χ2n) is 5.72. The van der Waals surface area contributed by atoms with Crippen molar-refractivity contribution < 1.29 is 19.2 Å². The summed E-state index contributed by atoms with van der Waals surface area (Å²) in [5.41, 5.74) is 2.20. The number of non-ortho nitro benzene ring substituents is 1. The fourth-order valence-electron chi connectivity index (χ4n) is 2.48. The van der Waals surface area contributed by atoms with Gasteiger partial charge in [-0.1, -0.05) is 18.2 Å². The molecule has 7 nitrogen and oxygen atoms in total. The van der Waals surface area contributed by atoms with Crippen LogP contribution in [0.1, 0.15) is 21.7 Å². The van der Waals surface area contributed by atoms with Gasteiger partial charge in [-0.05, 0) is 36.8 Å². The minimum atomic E-state index is -0.543. The third-order valence-electron chi connectivity index (χ3n) is 3.91. The number of nitrogens with one attached hydrogen (secondary N) is 1. The molecule has 1 aromatic heterocycles. The van der Waals surface area contributed by atoms with Crippen LogP contribution in [-0.4, -0.2) is 15.9 Å². The van der Waals surface area contributed by atoms with Gasteiger partial charge >= 0.3 is 0 Å². The minimum Gasteiger partial charge on any atom is -0.459 e. The van der Waals surface area contributed by atoms with Crippen molar-refractivity contribution in [1.29, 1.82) is 0 Å². The van der Waals surface area contributed by atoms with E-state index < -0.39 is 10.8 Å². The lowest BCUT2D eigenvalue weighted by atomic mass is 10.1. The van der Waals surface area contributed by atoms with Crippen LogP contribution >= 0.6 is 0 Å². The normalized spacial score (nSPS) is 10.5. The number of carbonyl (C=O) groups is 1. The fourth-order valence-corrected chi connectivity index (χ4v) is 2.48. The van der Waals surface area contributed by atoms with E-state index in [0.717, 1.165) is 11.1 Å². The highest BCUT2D eigenvalue weighted by atomic mass is 16.6. The van der Waals surface area contributed by atoms with Crippen LogP contribution in [0.5, 0.6) is 0 Å². The lowest BCUT2D eigenvalue weighted by Crippen LogP contribution is -2.13. The Morgan fingerprint density at radius 1 is 1.19 bits per heavy atom. The topological polar surface area (TPSA) is 106 Å². The van der Waals surface area contributed by atoms with Gasteiger partial charge in [0, 0.05) is 28.9 Å². The maximum Gasteiger partial charge on any atom is 0.270 e. The van der Waals surface area contributed by atoms with Crippen LogP contribution in [0.3, 0.4) is 0 Å². The fraction of sp³-hybridized carbons (Fsp3) is 0.105. The SMILES string of the molecule is Cc1ccc(-c2ccc(CO)o2)cc1NC(=O)c1cccc([N+](=O)[O-])c1. The number of carbonyl (C=O) groups excluding carboxylic acids is 1. The molecular weight excluding hydrogens is 336 g/mol. The smallest absolute Gasteiger partial charge is 0.270 e. The molecule has 0 aliphatic heterocycles. The van der Waals surface area contributed by atoms with Gasteiger partial charge in [0.05, 0.1) is 4.92 Å². The van der Waals surface area contributed by atoms with E-state index in [2.05, 4.69) is 5.32 Å². The summed E-state index contributed by atoms with van der Waals surface area (Å²) in [7, 11) is 0. The summed E-state index contributed by atoms with van der Waals surface area (Å²) in [6.07, 6.45) is 0. The van der Waals surface area contributed by atoms with E-state index in [4.69, 9.17) is 9.52 Å². The molecule has 7 heteroatoms. The Labute approximate surface area is 149 Å². The van der Waals surface area contributed by atoms with E-state index in [0.29, 0.717) is 17.2 Å². The first-order chi connectivity index (χ1) is 12.5. The Morgan fingerprint density at radius 3 is 2.69 bits per heavy atom. The number of benzene rings is 2. The summed E-state index contributed by atoms with van der Waals surface area (Å²) >= 11 is 0. The lowest BCUT2D eigenvalue weighted by molar-refractivity contribution is -0.384. The summed E-state index contributed by atoms with van der Waals surface area (Å²) in [6, 6.07) is 14.4. The zero-order valence-electron chi connectivity index (χ0n) is 13.9. The monoisotopic (exact) mass is 352 g/mol. The first kappa shape index (κ1) is 17.4. The molecule has 2 aromatic carbocycles. The number of furan rings is 1. The molecule has 1 heterocycles. The number of amides is 1. The standard InChI is InChI=1S/C19H16N2O5/c1-12-5-6-13(18-8-7-16(11-22)26-18)10-17(12)20-19(23)14-3-2-4-15(9-14)21(24)25/h2-10,22H,11H2,1H3,(H,20,23). The van der Waals surface area contributed by atoms with E-state index in [1.165, 1.54) is 24.3 Å². The van der Waals surface area contributed by atoms with E-state index in [1.54, 1.807) is 18.2 Å². The van der Waals surface area contributed by atoms with Crippen LogP contribution in [0.2, 0.25) is 0 Å². The highest BCUT2D eigenvalue weighted by Gasteiger charge is 2.14. The summed E-state index contributed by atoms with van der Waals surface area (Å²) in [5, 5.41) is 22.7. The highest BCUT2D eigenvalue weighted by Crippen LogP contribution is 2.27. The predicted molar refractivity (Wildman–Crippen MR) is 95.9 cm³/mol. The van der Waals surface area contributed by atoms with Crippen molar-refractivity contribution in [3.05, 3.63) is 81.6 Å². The van der Waals surface area contributed by atoms with Crippen molar-refractivity contribution >= 4 is 17.3 Å². The average Bonchev–Trinajstić information content (AvgIpc) is 3.12. The molecule has 2 N–H and O–H groups in total. The van der Waals surface area contributed by atoms with Gasteiger partial charge in [-0.3, -0.25) is 14.9 Å². The molecule has 0 saturated heterocycles. The molecule has 0 atom stereocenters. The Balaban J connectivity index is 1.87. The van der Waals surface area contributed by atoms with Crippen molar-refractivity contribution in [2.45, 2.75) is 13.5 Å². The van der Waals surface area contributed by atoms with Crippen molar-refractivity contribution in [1.82, 2.24) is 0 Å². The first-order valence-electron chi connectivity index (χ1n) is 7.84. The quantitative estimate of drug-likeness (QED) is 0.535. The number of nitrogens with zero attached hydrogens (tertiary/aromatic N) is 1. The van der Waals surface area contributed by atoms with Gasteiger partial charge in [0.2, 0.25) is 0 Å². The molecule has 26 heavy (non-hydrogen) atoms. The van der Waals surface area contributed by atoms with Crippen molar-refractivity contribution in [3.63, 3.8) is 0 Å².